The van der Waals surface area contributed by atoms with Crippen molar-refractivity contribution in [3.05, 3.63) is 173 Å². The largest absolute Gasteiger partial charge is 0.496 e. The lowest BCUT2D eigenvalue weighted by atomic mass is 9.77. The molecule has 0 spiro atoms. The van der Waals surface area contributed by atoms with Crippen molar-refractivity contribution in [2.45, 2.75) is 352 Å². The van der Waals surface area contributed by atoms with Crippen molar-refractivity contribution in [3.63, 3.8) is 0 Å². The zero-order valence-corrected chi connectivity index (χ0v) is 75.3. The van der Waals surface area contributed by atoms with Crippen LogP contribution in [0.25, 0.3) is 0 Å². The molecule has 1 aliphatic rings. The van der Waals surface area contributed by atoms with E-state index in [4.69, 9.17) is 56.8 Å². The van der Waals surface area contributed by atoms with Gasteiger partial charge in [0.2, 0.25) is 0 Å². The van der Waals surface area contributed by atoms with Crippen LogP contribution in [0, 0.1) is 0 Å². The van der Waals surface area contributed by atoms with E-state index in [0.29, 0.717) is 34.5 Å². The molecule has 0 heterocycles. The van der Waals surface area contributed by atoms with E-state index >= 15 is 0 Å². The number of methoxy groups -OCH3 is 6. The third-order valence-electron chi connectivity index (χ3n) is 19.5. The van der Waals surface area contributed by atoms with E-state index in [2.05, 4.69) is 322 Å². The molecule has 1 aliphatic carbocycles. The molecule has 0 fully saturated rings. The lowest BCUT2D eigenvalue weighted by Gasteiger charge is -2.38. The molecular weight excluding hydrogens is 1350 g/mol. The minimum Gasteiger partial charge on any atom is -0.496 e. The highest BCUT2D eigenvalue weighted by Gasteiger charge is 2.45. The zero-order chi connectivity index (χ0) is 82.3. The quantitative estimate of drug-likeness (QED) is 0.116. The summed E-state index contributed by atoms with van der Waals surface area (Å²) in [5.41, 5.74) is 8.28. The fraction of sp³-hybridized carbons (Fsp3) is 0.625. The SMILES string of the molecule is COc1c2cc(C(C)(C)C)cc1C(OC(C)(C)C)c1cc(C(C)(C)C)cc(c1OC)C(OC(C)(C)C)c1cc(C(C)(C)C)cc(c1OC)C(OC(C)(C)C)c1cc(C(C)(C)C)cc(c1OC)C(OC(C)(C)C)c1cc(C(C)(C)C)cc(c1OC)C(OC(C)(C)C)c1cc(C(C)(C)C)cc(c1OC)C2OC(C)(C)C. The standard InChI is InChI=1S/C96H144O12/c1-85(2,3)55-43-61-73(97-37)62(44-55)80(104-92(22,23)24)64-46-57(87(7,8)9)48-66(75(64)99-39)82(106-94(28,29)30)68-50-59(89(13,14)15)52-70(77(68)101-41)84(108-96(34,35)36)72-54-60(90(16,17)18)53-71(78(72)102-42)83(107-95(31,32)33)69-51-58(88(10,11)12)49-67(76(69)100-40)81(105-93(25,26)27)65-47-56(86(4,5)6)45-63(74(65)98-38)79(61)103-91(19,20)21/h43-54,79-84H,1-42H3. The predicted octanol–water partition coefficient (Wildman–Crippen LogP) is 25.3. The van der Waals surface area contributed by atoms with Crippen LogP contribution in [0.1, 0.15) is 386 Å². The summed E-state index contributed by atoms with van der Waals surface area (Å²) in [6.07, 6.45) is -5.17. The molecule has 0 radical (unpaired) electrons. The van der Waals surface area contributed by atoms with Crippen LogP contribution < -0.4 is 28.4 Å². The lowest BCUT2D eigenvalue weighted by molar-refractivity contribution is -0.0499. The van der Waals surface area contributed by atoms with Gasteiger partial charge in [-0.15, -0.1) is 0 Å². The minimum absolute atomic E-state index is 0.445. The lowest BCUT2D eigenvalue weighted by Crippen LogP contribution is -2.29. The van der Waals surface area contributed by atoms with Crippen LogP contribution in [0.4, 0.5) is 0 Å². The number of hydrogen-bond acceptors (Lipinski definition) is 12. The van der Waals surface area contributed by atoms with Crippen LogP contribution in [0.3, 0.4) is 0 Å². The van der Waals surface area contributed by atoms with Gasteiger partial charge in [-0.2, -0.15) is 0 Å². The average molecular weight is 1490 g/mol. The fourth-order valence-corrected chi connectivity index (χ4v) is 14.3. The molecule has 0 atom stereocenters. The topological polar surface area (TPSA) is 111 Å². The summed E-state index contributed by atoms with van der Waals surface area (Å²) >= 11 is 0. The molecule has 12 bridgehead atoms. The molecule has 0 N–H and O–H groups in total. The van der Waals surface area contributed by atoms with Crippen LogP contribution in [0.15, 0.2) is 72.8 Å². The van der Waals surface area contributed by atoms with Gasteiger partial charge in [-0.3, -0.25) is 0 Å². The highest BCUT2D eigenvalue weighted by molar-refractivity contribution is 5.65. The van der Waals surface area contributed by atoms with Gasteiger partial charge in [0.15, 0.2) is 0 Å². The Labute approximate surface area is 655 Å². The Morgan fingerprint density at radius 1 is 0.157 bits per heavy atom. The summed E-state index contributed by atoms with van der Waals surface area (Å²) in [5.74, 6) is 3.48. The first kappa shape index (κ1) is 89.1. The summed E-state index contributed by atoms with van der Waals surface area (Å²) in [6.45, 7) is 78.6. The first-order chi connectivity index (χ1) is 48.8. The van der Waals surface area contributed by atoms with Gasteiger partial charge >= 0.3 is 0 Å². The van der Waals surface area contributed by atoms with Gasteiger partial charge in [-0.25, -0.2) is 0 Å². The molecule has 0 unspecified atom stereocenters. The van der Waals surface area contributed by atoms with Crippen LogP contribution in [0.5, 0.6) is 34.5 Å². The van der Waals surface area contributed by atoms with Crippen molar-refractivity contribution in [2.24, 2.45) is 0 Å². The second-order valence-electron chi connectivity index (χ2n) is 42.3. The highest BCUT2D eigenvalue weighted by atomic mass is 16.5. The summed E-state index contributed by atoms with van der Waals surface area (Å²) in [6, 6.07) is 27.3. The molecule has 6 aromatic rings. The summed E-state index contributed by atoms with van der Waals surface area (Å²) in [5, 5.41) is 0. The molecule has 12 heteroatoms. The first-order valence-electron chi connectivity index (χ1n) is 39.2. The van der Waals surface area contributed by atoms with Crippen molar-refractivity contribution < 1.29 is 56.8 Å². The zero-order valence-electron chi connectivity index (χ0n) is 75.3. The van der Waals surface area contributed by atoms with Gasteiger partial charge in [-0.1, -0.05) is 125 Å². The molecule has 7 rings (SSSR count). The highest BCUT2D eigenvalue weighted by Crippen LogP contribution is 2.58. The monoisotopic (exact) mass is 1490 g/mol. The molecule has 0 saturated carbocycles. The van der Waals surface area contributed by atoms with Crippen molar-refractivity contribution in [1.29, 1.82) is 0 Å². The second kappa shape index (κ2) is 31.1. The van der Waals surface area contributed by atoms with E-state index in [0.717, 1.165) is 100 Å². The second-order valence-corrected chi connectivity index (χ2v) is 42.3. The Balaban J connectivity index is 2.03. The van der Waals surface area contributed by atoms with Crippen molar-refractivity contribution in [1.82, 2.24) is 0 Å². The average Bonchev–Trinajstić information content (AvgIpc) is 0.737. The number of fused-ring (bicyclic) bond motifs is 12. The van der Waals surface area contributed by atoms with Gasteiger partial charge in [0.25, 0.3) is 0 Å². The molecular formula is C96H144O12. The molecule has 0 amide bonds. The van der Waals surface area contributed by atoms with E-state index in [-0.39, 0.29) is 0 Å². The van der Waals surface area contributed by atoms with Gasteiger partial charge < -0.3 is 56.8 Å². The maximum absolute atomic E-state index is 7.82. The Bertz CT molecular complexity index is 3310. The molecule has 12 nitrogen and oxygen atoms in total. The number of rotatable bonds is 12. The number of hydrogen-bond donors (Lipinski definition) is 0. The molecule has 6 aromatic carbocycles. The van der Waals surface area contributed by atoms with E-state index in [9.17, 15) is 0 Å². The van der Waals surface area contributed by atoms with Crippen LogP contribution in [0.2, 0.25) is 0 Å². The normalized spacial score (nSPS) is 18.5. The fourth-order valence-electron chi connectivity index (χ4n) is 14.3. The summed E-state index contributed by atoms with van der Waals surface area (Å²) < 4.78 is 89.9. The number of ether oxygens (including phenoxy) is 12. The van der Waals surface area contributed by atoms with Crippen LogP contribution >= 0.6 is 0 Å². The van der Waals surface area contributed by atoms with E-state index in [1.54, 1.807) is 42.7 Å². The van der Waals surface area contributed by atoms with E-state index < -0.39 is 103 Å². The third kappa shape index (κ3) is 21.0. The first-order valence-corrected chi connectivity index (χ1v) is 39.2. The minimum atomic E-state index is -0.862. The maximum atomic E-state index is 7.82. The maximum Gasteiger partial charge on any atom is 0.131 e. The predicted molar refractivity (Wildman–Crippen MR) is 446 cm³/mol. The van der Waals surface area contributed by atoms with Crippen molar-refractivity contribution in [3.8, 4) is 34.5 Å². The molecule has 0 aliphatic heterocycles. The van der Waals surface area contributed by atoms with Gasteiger partial charge in [0, 0.05) is 66.8 Å². The summed E-state index contributed by atoms with van der Waals surface area (Å²) in [4.78, 5) is 0. The van der Waals surface area contributed by atoms with Crippen molar-refractivity contribution in [2.75, 3.05) is 42.7 Å². The van der Waals surface area contributed by atoms with E-state index in [1.165, 1.54) is 0 Å². The number of benzene rings is 6. The molecule has 108 heavy (non-hydrogen) atoms. The Morgan fingerprint density at radius 2 is 0.241 bits per heavy atom. The van der Waals surface area contributed by atoms with Crippen LogP contribution in [-0.2, 0) is 60.9 Å². The van der Waals surface area contributed by atoms with E-state index in [1.807, 2.05) is 0 Å². The molecule has 0 aromatic heterocycles. The third-order valence-corrected chi connectivity index (χ3v) is 19.5. The van der Waals surface area contributed by atoms with Crippen molar-refractivity contribution >= 4 is 0 Å². The van der Waals surface area contributed by atoms with Gasteiger partial charge in [0.1, 0.15) is 71.1 Å². The Morgan fingerprint density at radius 3 is 0.296 bits per heavy atom. The summed E-state index contributed by atoms with van der Waals surface area (Å²) in [7, 11) is 10.6. The molecule has 0 saturated heterocycles. The Hall–Kier alpha value is -6.12. The Kier molecular flexibility index (Phi) is 25.7. The molecule has 600 valence electrons. The smallest absolute Gasteiger partial charge is 0.131 e. The van der Waals surface area contributed by atoms with Crippen LogP contribution in [-0.4, -0.2) is 76.3 Å². The van der Waals surface area contributed by atoms with Gasteiger partial charge in [0.05, 0.1) is 76.3 Å². The van der Waals surface area contributed by atoms with Gasteiger partial charge in [-0.05, 0) is 263 Å².